The number of aliphatic hydroxyl groups excluding tert-OH is 1. The number of hydrogen-bond donors (Lipinski definition) is 2. The largest absolute Gasteiger partial charge is 0.395 e. The third-order valence-electron chi connectivity index (χ3n) is 12.6. The smallest absolute Gasteiger partial charge is 0.224 e. The molecule has 5 rings (SSSR count). The van der Waals surface area contributed by atoms with Crippen LogP contribution < -0.4 is 5.73 Å². The molecule has 3 N–H and O–H groups in total. The summed E-state index contributed by atoms with van der Waals surface area (Å²) in [5.41, 5.74) is 7.83. The van der Waals surface area contributed by atoms with Crippen LogP contribution in [0.1, 0.15) is 92.9 Å². The highest BCUT2D eigenvalue weighted by molar-refractivity contribution is 5.82. The van der Waals surface area contributed by atoms with Crippen molar-refractivity contribution in [3.05, 3.63) is 23.3 Å². The number of carbonyl (C=O) groups excluding carboxylic acids is 2. The number of allylic oxidation sites excluding steroid dienone is 3. The quantitative estimate of drug-likeness (QED) is 0.419. The van der Waals surface area contributed by atoms with Crippen molar-refractivity contribution in [1.29, 1.82) is 0 Å². The second-order valence-corrected chi connectivity index (χ2v) is 14.4. The monoisotopic (exact) mass is 467 g/mol. The van der Waals surface area contributed by atoms with Crippen molar-refractivity contribution in [1.82, 2.24) is 0 Å². The van der Waals surface area contributed by atoms with Gasteiger partial charge in [0.15, 0.2) is 0 Å². The summed E-state index contributed by atoms with van der Waals surface area (Å²) in [6.07, 6.45) is 13.6. The molecule has 0 saturated heterocycles. The SMILES string of the molecule is CC1(C)CC[C@]2(C(N)=O)CC[C@]3(C)C(=CC[C@@H]4[C@@]5(C)C(C=O)=C[C@@](C)(CO)[C@@H]5CC[C@]43C)[C@@H]2C1. The average Bonchev–Trinajstić information content (AvgIpc) is 3.00. The highest BCUT2D eigenvalue weighted by Crippen LogP contribution is 2.76. The Labute approximate surface area is 205 Å². The van der Waals surface area contributed by atoms with E-state index in [-0.39, 0.29) is 51.4 Å². The third-order valence-corrected chi connectivity index (χ3v) is 12.6. The fourth-order valence-corrected chi connectivity index (χ4v) is 10.3. The van der Waals surface area contributed by atoms with E-state index in [1.807, 2.05) is 0 Å². The normalized spacial score (nSPS) is 51.2. The Bertz CT molecular complexity index is 995. The molecule has 188 valence electrons. The van der Waals surface area contributed by atoms with Crippen LogP contribution in [-0.2, 0) is 9.59 Å². The zero-order valence-electron chi connectivity index (χ0n) is 22.2. The molecule has 0 radical (unpaired) electrons. The van der Waals surface area contributed by atoms with E-state index in [0.717, 1.165) is 63.2 Å². The Balaban J connectivity index is 1.64. The molecule has 0 aromatic carbocycles. The summed E-state index contributed by atoms with van der Waals surface area (Å²) in [7, 11) is 0. The number of aldehydes is 1. The van der Waals surface area contributed by atoms with Crippen LogP contribution in [-0.4, -0.2) is 23.9 Å². The molecule has 0 aromatic heterocycles. The first-order valence-electron chi connectivity index (χ1n) is 13.5. The molecular weight excluding hydrogens is 422 g/mol. The standard InChI is InChI=1S/C30H45NO3/c1-25(2)11-13-30(24(31)34)14-12-27(4)20(21(30)16-25)7-8-23-28(27,5)10-9-22-26(3,18-33)15-19(17-32)29(22,23)6/h7,15,17,21-23,33H,8-14,16,18H2,1-6H3,(H2,31,34)/t21-,22-,23-,26-,27+,28+,29-,30-/m0/s1. The van der Waals surface area contributed by atoms with Crippen LogP contribution in [0.4, 0.5) is 0 Å². The van der Waals surface area contributed by atoms with E-state index in [0.29, 0.717) is 5.92 Å². The molecule has 1 amide bonds. The number of fused-ring (bicyclic) bond motifs is 7. The molecular formula is C30H45NO3. The maximum absolute atomic E-state index is 13.0. The van der Waals surface area contributed by atoms with Crippen LogP contribution in [0.25, 0.3) is 0 Å². The second kappa shape index (κ2) is 7.08. The van der Waals surface area contributed by atoms with Crippen molar-refractivity contribution in [2.75, 3.05) is 6.61 Å². The zero-order valence-corrected chi connectivity index (χ0v) is 22.2. The number of hydrogen-bond acceptors (Lipinski definition) is 3. The van der Waals surface area contributed by atoms with Crippen LogP contribution in [0.3, 0.4) is 0 Å². The predicted octanol–water partition coefficient (Wildman–Crippen LogP) is 5.59. The van der Waals surface area contributed by atoms with E-state index in [2.05, 4.69) is 53.7 Å². The van der Waals surface area contributed by atoms with Gasteiger partial charge in [-0.05, 0) is 90.9 Å². The Morgan fingerprint density at radius 1 is 1.06 bits per heavy atom. The first kappa shape index (κ1) is 24.3. The fraction of sp³-hybridized carbons (Fsp3) is 0.800. The fourth-order valence-electron chi connectivity index (χ4n) is 10.3. The van der Waals surface area contributed by atoms with Crippen LogP contribution in [0.5, 0.6) is 0 Å². The van der Waals surface area contributed by atoms with E-state index in [1.54, 1.807) is 0 Å². The van der Waals surface area contributed by atoms with Gasteiger partial charge in [-0.3, -0.25) is 9.59 Å². The number of aliphatic hydroxyl groups is 1. The Kier molecular flexibility index (Phi) is 5.06. The predicted molar refractivity (Wildman–Crippen MR) is 135 cm³/mol. The van der Waals surface area contributed by atoms with E-state index in [4.69, 9.17) is 5.73 Å². The number of amides is 1. The lowest BCUT2D eigenvalue weighted by Crippen LogP contribution is -2.63. The zero-order chi connectivity index (χ0) is 24.9. The van der Waals surface area contributed by atoms with Gasteiger partial charge in [-0.2, -0.15) is 0 Å². The number of rotatable bonds is 3. The van der Waals surface area contributed by atoms with Gasteiger partial charge in [0.2, 0.25) is 5.91 Å². The van der Waals surface area contributed by atoms with E-state index in [1.165, 1.54) is 5.57 Å². The maximum atomic E-state index is 13.0. The highest BCUT2D eigenvalue weighted by atomic mass is 16.3. The van der Waals surface area contributed by atoms with Gasteiger partial charge in [0, 0.05) is 10.8 Å². The summed E-state index contributed by atoms with van der Waals surface area (Å²) >= 11 is 0. The Morgan fingerprint density at radius 2 is 1.74 bits per heavy atom. The molecule has 5 aliphatic carbocycles. The van der Waals surface area contributed by atoms with Crippen molar-refractivity contribution < 1.29 is 14.7 Å². The van der Waals surface area contributed by atoms with Gasteiger partial charge in [0.1, 0.15) is 6.29 Å². The summed E-state index contributed by atoms with van der Waals surface area (Å²) in [4.78, 5) is 25.3. The van der Waals surface area contributed by atoms with E-state index >= 15 is 0 Å². The van der Waals surface area contributed by atoms with Crippen molar-refractivity contribution >= 4 is 12.2 Å². The topological polar surface area (TPSA) is 80.4 Å². The van der Waals surface area contributed by atoms with Gasteiger partial charge in [-0.25, -0.2) is 0 Å². The summed E-state index contributed by atoms with van der Waals surface area (Å²) < 4.78 is 0. The van der Waals surface area contributed by atoms with E-state index < -0.39 is 5.41 Å². The summed E-state index contributed by atoms with van der Waals surface area (Å²) in [6, 6.07) is 0. The number of primary amides is 1. The van der Waals surface area contributed by atoms with Crippen molar-refractivity contribution in [2.24, 2.45) is 56.0 Å². The molecule has 5 aliphatic rings. The van der Waals surface area contributed by atoms with Gasteiger partial charge in [-0.1, -0.05) is 59.3 Å². The Hall–Kier alpha value is -1.42. The minimum absolute atomic E-state index is 0.00681. The molecule has 4 nitrogen and oxygen atoms in total. The van der Waals surface area contributed by atoms with Crippen molar-refractivity contribution in [3.8, 4) is 0 Å². The van der Waals surface area contributed by atoms with Gasteiger partial charge < -0.3 is 10.8 Å². The van der Waals surface area contributed by atoms with Crippen LogP contribution >= 0.6 is 0 Å². The van der Waals surface area contributed by atoms with Gasteiger partial charge in [0.25, 0.3) is 0 Å². The molecule has 0 unspecified atom stereocenters. The molecule has 4 heteroatoms. The summed E-state index contributed by atoms with van der Waals surface area (Å²) in [5, 5.41) is 10.3. The molecule has 3 saturated carbocycles. The van der Waals surface area contributed by atoms with E-state index in [9.17, 15) is 14.7 Å². The minimum Gasteiger partial charge on any atom is -0.395 e. The lowest BCUT2D eigenvalue weighted by atomic mass is 9.35. The van der Waals surface area contributed by atoms with Gasteiger partial charge >= 0.3 is 0 Å². The average molecular weight is 468 g/mol. The first-order chi connectivity index (χ1) is 15.7. The Morgan fingerprint density at radius 3 is 2.35 bits per heavy atom. The first-order valence-corrected chi connectivity index (χ1v) is 13.5. The van der Waals surface area contributed by atoms with Gasteiger partial charge in [0.05, 0.1) is 12.0 Å². The molecule has 0 aromatic rings. The molecule has 0 bridgehead atoms. The summed E-state index contributed by atoms with van der Waals surface area (Å²) in [5.74, 6) is 0.751. The lowest BCUT2D eigenvalue weighted by molar-refractivity contribution is -0.157. The van der Waals surface area contributed by atoms with Crippen LogP contribution in [0.15, 0.2) is 23.3 Å². The lowest BCUT2D eigenvalue weighted by Gasteiger charge is -2.69. The third kappa shape index (κ3) is 2.70. The second-order valence-electron chi connectivity index (χ2n) is 14.4. The number of nitrogens with two attached hydrogens (primary N) is 1. The molecule has 0 spiro atoms. The number of carbonyl (C=O) groups is 2. The molecule has 8 atom stereocenters. The van der Waals surface area contributed by atoms with Crippen LogP contribution in [0, 0.1) is 50.2 Å². The summed E-state index contributed by atoms with van der Waals surface area (Å²) in [6.45, 7) is 14.2. The molecule has 0 aliphatic heterocycles. The van der Waals surface area contributed by atoms with Crippen molar-refractivity contribution in [2.45, 2.75) is 92.9 Å². The minimum atomic E-state index is -0.401. The van der Waals surface area contributed by atoms with Crippen molar-refractivity contribution in [3.63, 3.8) is 0 Å². The maximum Gasteiger partial charge on any atom is 0.224 e. The molecule has 34 heavy (non-hydrogen) atoms. The van der Waals surface area contributed by atoms with Crippen LogP contribution in [0.2, 0.25) is 0 Å². The highest BCUT2D eigenvalue weighted by Gasteiger charge is 2.69. The molecule has 0 heterocycles. The van der Waals surface area contributed by atoms with Gasteiger partial charge in [-0.15, -0.1) is 0 Å². The molecule has 3 fully saturated rings.